The summed E-state index contributed by atoms with van der Waals surface area (Å²) in [7, 11) is 0. The highest BCUT2D eigenvalue weighted by molar-refractivity contribution is 6.33. The molecule has 5 rings (SSSR count). The molecule has 4 aromatic carbocycles. The van der Waals surface area contributed by atoms with Crippen LogP contribution in [0.4, 0.5) is 10.5 Å². The smallest absolute Gasteiger partial charge is 0.407 e. The van der Waals surface area contributed by atoms with Crippen LogP contribution in [0.25, 0.3) is 11.1 Å². The van der Waals surface area contributed by atoms with E-state index in [1.54, 1.807) is 6.92 Å². The quantitative estimate of drug-likeness (QED) is 0.196. The van der Waals surface area contributed by atoms with Crippen LogP contribution in [0.5, 0.6) is 0 Å². The number of hydrogen-bond donors (Lipinski definition) is 3. The van der Waals surface area contributed by atoms with Gasteiger partial charge < -0.3 is 25.2 Å². The van der Waals surface area contributed by atoms with Crippen LogP contribution in [0.3, 0.4) is 0 Å². The van der Waals surface area contributed by atoms with E-state index in [2.05, 4.69) is 10.6 Å². The summed E-state index contributed by atoms with van der Waals surface area (Å²) in [5, 5.41) is 14.7. The zero-order valence-corrected chi connectivity index (χ0v) is 23.5. The van der Waals surface area contributed by atoms with Gasteiger partial charge in [-0.15, -0.1) is 0 Å². The third kappa shape index (κ3) is 6.46. The molecule has 3 N–H and O–H groups in total. The molecule has 0 bridgehead atoms. The minimum Gasteiger partial charge on any atom is -0.478 e. The normalized spacial score (nSPS) is 13.4. The molecule has 214 valence electrons. The van der Waals surface area contributed by atoms with Crippen molar-refractivity contribution < 1.29 is 29.0 Å². The minimum atomic E-state index is -1.23. The lowest BCUT2D eigenvalue weighted by Crippen LogP contribution is -2.51. The number of ether oxygens (including phenoxy) is 2. The SMILES string of the molecule is CC(OCc1ccccc1)C(NC(=O)OCC1c2ccccc2-c2ccccc21)C(=O)Nc1ccc(Cl)c(C(=O)O)c1. The average Bonchev–Trinajstić information content (AvgIpc) is 3.32. The van der Waals surface area contributed by atoms with Gasteiger partial charge >= 0.3 is 12.1 Å². The Kier molecular flexibility index (Phi) is 8.85. The van der Waals surface area contributed by atoms with Crippen molar-refractivity contribution in [1.29, 1.82) is 0 Å². The van der Waals surface area contributed by atoms with Gasteiger partial charge in [-0.1, -0.05) is 90.5 Å². The number of carbonyl (C=O) groups is 3. The lowest BCUT2D eigenvalue weighted by molar-refractivity contribution is -0.121. The Morgan fingerprint density at radius 3 is 2.14 bits per heavy atom. The number of benzene rings is 4. The molecule has 4 aromatic rings. The van der Waals surface area contributed by atoms with E-state index in [0.29, 0.717) is 0 Å². The molecule has 0 saturated carbocycles. The second-order valence-electron chi connectivity index (χ2n) is 9.94. The van der Waals surface area contributed by atoms with Crippen molar-refractivity contribution >= 4 is 35.3 Å². The van der Waals surface area contributed by atoms with E-state index in [4.69, 9.17) is 21.1 Å². The fourth-order valence-corrected chi connectivity index (χ4v) is 5.25. The third-order valence-electron chi connectivity index (χ3n) is 7.19. The Morgan fingerprint density at radius 2 is 1.50 bits per heavy atom. The predicted octanol–water partition coefficient (Wildman–Crippen LogP) is 6.49. The second kappa shape index (κ2) is 12.9. The summed E-state index contributed by atoms with van der Waals surface area (Å²) in [6.07, 6.45) is -1.55. The minimum absolute atomic E-state index is 0.0355. The highest BCUT2D eigenvalue weighted by atomic mass is 35.5. The first-order valence-corrected chi connectivity index (χ1v) is 13.8. The Balaban J connectivity index is 1.30. The van der Waals surface area contributed by atoms with Crippen LogP contribution < -0.4 is 10.6 Å². The number of carboxylic acid groups (broad SMARTS) is 1. The fourth-order valence-electron chi connectivity index (χ4n) is 5.05. The van der Waals surface area contributed by atoms with Crippen LogP contribution >= 0.6 is 11.6 Å². The zero-order valence-electron chi connectivity index (χ0n) is 22.8. The maximum atomic E-state index is 13.4. The van der Waals surface area contributed by atoms with Gasteiger partial charge in [0, 0.05) is 11.6 Å². The first-order chi connectivity index (χ1) is 20.3. The molecule has 0 spiro atoms. The summed E-state index contributed by atoms with van der Waals surface area (Å²) in [5.41, 5.74) is 5.28. The molecule has 1 aliphatic rings. The van der Waals surface area contributed by atoms with Crippen molar-refractivity contribution in [3.05, 3.63) is 124 Å². The molecular weight excluding hydrogens is 556 g/mol. The highest BCUT2D eigenvalue weighted by Gasteiger charge is 2.32. The topological polar surface area (TPSA) is 114 Å². The predicted molar refractivity (Wildman–Crippen MR) is 160 cm³/mol. The van der Waals surface area contributed by atoms with E-state index in [-0.39, 0.29) is 35.4 Å². The van der Waals surface area contributed by atoms with Gasteiger partial charge in [0.1, 0.15) is 12.6 Å². The van der Waals surface area contributed by atoms with Crippen LogP contribution in [-0.2, 0) is 20.9 Å². The molecule has 0 fully saturated rings. The summed E-state index contributed by atoms with van der Waals surface area (Å²) in [6, 6.07) is 28.4. The highest BCUT2D eigenvalue weighted by Crippen LogP contribution is 2.44. The molecule has 0 radical (unpaired) electrons. The molecule has 0 heterocycles. The van der Waals surface area contributed by atoms with Gasteiger partial charge in [0.2, 0.25) is 5.91 Å². The van der Waals surface area contributed by atoms with Crippen molar-refractivity contribution in [2.75, 3.05) is 11.9 Å². The van der Waals surface area contributed by atoms with Crippen LogP contribution in [-0.4, -0.2) is 41.8 Å². The van der Waals surface area contributed by atoms with Crippen LogP contribution in [0.1, 0.15) is 39.9 Å². The number of amides is 2. The monoisotopic (exact) mass is 584 g/mol. The van der Waals surface area contributed by atoms with E-state index in [1.165, 1.54) is 18.2 Å². The lowest BCUT2D eigenvalue weighted by atomic mass is 9.98. The zero-order chi connectivity index (χ0) is 29.6. The van der Waals surface area contributed by atoms with Crippen LogP contribution in [0.15, 0.2) is 97.1 Å². The molecule has 9 heteroatoms. The van der Waals surface area contributed by atoms with Crippen LogP contribution in [0.2, 0.25) is 5.02 Å². The van der Waals surface area contributed by atoms with Crippen molar-refractivity contribution in [2.24, 2.45) is 0 Å². The van der Waals surface area contributed by atoms with Gasteiger partial charge in [-0.3, -0.25) is 4.79 Å². The van der Waals surface area contributed by atoms with Gasteiger partial charge in [-0.25, -0.2) is 9.59 Å². The molecule has 8 nitrogen and oxygen atoms in total. The van der Waals surface area contributed by atoms with Gasteiger partial charge in [0.25, 0.3) is 0 Å². The number of fused-ring (bicyclic) bond motifs is 3. The van der Waals surface area contributed by atoms with Gasteiger partial charge in [0.15, 0.2) is 0 Å². The van der Waals surface area contributed by atoms with Crippen molar-refractivity contribution in [1.82, 2.24) is 5.32 Å². The van der Waals surface area contributed by atoms with Gasteiger partial charge in [-0.05, 0) is 52.9 Å². The molecule has 2 amide bonds. The summed E-state index contributed by atoms with van der Waals surface area (Å²) >= 11 is 5.97. The molecule has 0 aromatic heterocycles. The van der Waals surface area contributed by atoms with E-state index >= 15 is 0 Å². The molecule has 42 heavy (non-hydrogen) atoms. The summed E-state index contributed by atoms with van der Waals surface area (Å²) < 4.78 is 11.6. The number of rotatable bonds is 10. The van der Waals surface area contributed by atoms with E-state index in [1.807, 2.05) is 78.9 Å². The molecular formula is C33H29ClN2O6. The van der Waals surface area contributed by atoms with E-state index in [9.17, 15) is 19.5 Å². The number of halogens is 1. The molecule has 0 aliphatic heterocycles. The van der Waals surface area contributed by atoms with Crippen molar-refractivity contribution in [3.8, 4) is 11.1 Å². The number of anilines is 1. The Morgan fingerprint density at radius 1 is 0.881 bits per heavy atom. The largest absolute Gasteiger partial charge is 0.478 e. The summed E-state index contributed by atoms with van der Waals surface area (Å²) in [6.45, 7) is 1.95. The number of carboxylic acids is 1. The van der Waals surface area contributed by atoms with Crippen molar-refractivity contribution in [3.63, 3.8) is 0 Å². The average molecular weight is 585 g/mol. The number of alkyl carbamates (subject to hydrolysis) is 1. The third-order valence-corrected chi connectivity index (χ3v) is 7.52. The Hall–Kier alpha value is -4.66. The van der Waals surface area contributed by atoms with E-state index < -0.39 is 30.1 Å². The van der Waals surface area contributed by atoms with Gasteiger partial charge in [-0.2, -0.15) is 0 Å². The van der Waals surface area contributed by atoms with Crippen LogP contribution in [0, 0.1) is 0 Å². The number of carbonyl (C=O) groups excluding carboxylic acids is 2. The Bertz CT molecular complexity index is 1560. The molecule has 2 unspecified atom stereocenters. The van der Waals surface area contributed by atoms with E-state index in [0.717, 1.165) is 27.8 Å². The maximum Gasteiger partial charge on any atom is 0.407 e. The lowest BCUT2D eigenvalue weighted by Gasteiger charge is -2.25. The Labute approximate surface area is 248 Å². The van der Waals surface area contributed by atoms with Gasteiger partial charge in [0.05, 0.1) is 23.3 Å². The summed E-state index contributed by atoms with van der Waals surface area (Å²) in [4.78, 5) is 38.0. The first-order valence-electron chi connectivity index (χ1n) is 13.4. The standard InChI is InChI=1S/C33H29ClN2O6/c1-20(41-18-21-9-3-2-4-10-21)30(31(37)35-22-15-16-29(34)27(17-22)32(38)39)36-33(40)42-19-28-25-13-7-5-11-23(25)24-12-6-8-14-26(24)28/h2-17,20,28,30H,18-19H2,1H3,(H,35,37)(H,36,40)(H,38,39). The number of nitrogens with one attached hydrogen (secondary N) is 2. The maximum absolute atomic E-state index is 13.4. The molecule has 0 saturated heterocycles. The summed E-state index contributed by atoms with van der Waals surface area (Å²) in [5.74, 6) is -1.99. The van der Waals surface area contributed by atoms with Crippen molar-refractivity contribution in [2.45, 2.75) is 31.6 Å². The molecule has 1 aliphatic carbocycles. The first kappa shape index (κ1) is 28.9. The number of hydrogen-bond acceptors (Lipinski definition) is 5. The number of aromatic carboxylic acids is 1. The molecule has 2 atom stereocenters. The fraction of sp³-hybridized carbons (Fsp3) is 0.182. The second-order valence-corrected chi connectivity index (χ2v) is 10.3.